The van der Waals surface area contributed by atoms with Gasteiger partial charge in [-0.25, -0.2) is 0 Å². The number of carboxylic acid groups (broad SMARTS) is 1. The summed E-state index contributed by atoms with van der Waals surface area (Å²) in [5.74, 6) is -1.38. The van der Waals surface area contributed by atoms with Crippen LogP contribution in [0.2, 0.25) is 0 Å². The van der Waals surface area contributed by atoms with Crippen molar-refractivity contribution in [2.24, 2.45) is 5.73 Å². The second-order valence-corrected chi connectivity index (χ2v) is 7.36. The number of carboxylic acids is 1. The predicted molar refractivity (Wildman–Crippen MR) is 113 cm³/mol. The van der Waals surface area contributed by atoms with E-state index in [4.69, 9.17) is 21.7 Å². The highest BCUT2D eigenvalue weighted by Crippen LogP contribution is 2.23. The lowest BCUT2D eigenvalue weighted by atomic mass is 9.95. The number of nitrogen functional groups attached to an aromatic ring is 1. The van der Waals surface area contributed by atoms with Gasteiger partial charge in [0, 0.05) is 16.7 Å². The zero-order chi connectivity index (χ0) is 22.3. The molecule has 7 N–H and O–H groups in total. The van der Waals surface area contributed by atoms with Crippen molar-refractivity contribution in [1.29, 1.82) is 0 Å². The third kappa shape index (κ3) is 5.50. The van der Waals surface area contributed by atoms with Gasteiger partial charge in [0.2, 0.25) is 0 Å². The van der Waals surface area contributed by atoms with Gasteiger partial charge in [0.05, 0.1) is 18.3 Å². The summed E-state index contributed by atoms with van der Waals surface area (Å²) in [5.41, 5.74) is 11.3. The molecule has 1 aliphatic heterocycles. The SMILES string of the molecule is CC(N)(CO)C(=O)O.Nc1c(C(=O)c2ccccc2)cccc1C(=O)[C@@H]1CCCN1. The van der Waals surface area contributed by atoms with Gasteiger partial charge in [-0.05, 0) is 38.4 Å². The molecule has 0 saturated carbocycles. The topological polar surface area (TPSA) is 156 Å². The van der Waals surface area contributed by atoms with Gasteiger partial charge in [-0.3, -0.25) is 14.4 Å². The summed E-state index contributed by atoms with van der Waals surface area (Å²) in [5, 5.41) is 19.6. The average Bonchev–Trinajstić information content (AvgIpc) is 3.29. The Morgan fingerprint density at radius 1 is 1.10 bits per heavy atom. The van der Waals surface area contributed by atoms with E-state index in [1.165, 1.54) is 6.92 Å². The van der Waals surface area contributed by atoms with E-state index in [1.54, 1.807) is 42.5 Å². The number of nitrogens with two attached hydrogens (primary N) is 2. The molecule has 0 bridgehead atoms. The molecular formula is C22H27N3O5. The number of aliphatic hydroxyl groups is 1. The average molecular weight is 413 g/mol. The molecule has 0 aromatic heterocycles. The van der Waals surface area contributed by atoms with Crippen molar-refractivity contribution in [3.63, 3.8) is 0 Å². The third-order valence-corrected chi connectivity index (χ3v) is 4.85. The van der Waals surface area contributed by atoms with Gasteiger partial charge < -0.3 is 27.0 Å². The molecule has 8 heteroatoms. The van der Waals surface area contributed by atoms with Gasteiger partial charge in [0.15, 0.2) is 11.6 Å². The first-order valence-corrected chi connectivity index (χ1v) is 9.58. The van der Waals surface area contributed by atoms with Crippen LogP contribution in [0.3, 0.4) is 0 Å². The maximum absolute atomic E-state index is 12.6. The summed E-state index contributed by atoms with van der Waals surface area (Å²) in [4.78, 5) is 35.0. The number of benzene rings is 2. The zero-order valence-electron chi connectivity index (χ0n) is 16.8. The Kier molecular flexibility index (Phi) is 7.82. The van der Waals surface area contributed by atoms with E-state index in [-0.39, 0.29) is 23.3 Å². The molecule has 0 aliphatic carbocycles. The standard InChI is InChI=1S/C18H18N2O2.C4H9NO3/c19-16-13(17(21)12-6-2-1-3-7-12)8-4-9-14(16)18(22)15-10-5-11-20-15;1-4(5,2-6)3(7)8/h1-4,6-9,15,20H,5,10-11,19H2;6H,2,5H2,1H3,(H,7,8)/t15-;/m0./s1. The minimum Gasteiger partial charge on any atom is -0.480 e. The van der Waals surface area contributed by atoms with E-state index in [0.29, 0.717) is 16.7 Å². The van der Waals surface area contributed by atoms with Crippen molar-refractivity contribution < 1.29 is 24.6 Å². The van der Waals surface area contributed by atoms with Crippen LogP contribution in [0.4, 0.5) is 5.69 Å². The van der Waals surface area contributed by atoms with Crippen molar-refractivity contribution in [2.45, 2.75) is 31.3 Å². The molecule has 8 nitrogen and oxygen atoms in total. The van der Waals surface area contributed by atoms with Crippen molar-refractivity contribution >= 4 is 23.2 Å². The Labute approximate surface area is 174 Å². The Morgan fingerprint density at radius 3 is 2.23 bits per heavy atom. The first-order chi connectivity index (χ1) is 14.2. The molecule has 2 aromatic carbocycles. The smallest absolute Gasteiger partial charge is 0.325 e. The summed E-state index contributed by atoms with van der Waals surface area (Å²) in [6, 6.07) is 13.8. The van der Waals surface area contributed by atoms with Gasteiger partial charge >= 0.3 is 5.97 Å². The van der Waals surface area contributed by atoms with Crippen molar-refractivity contribution in [1.82, 2.24) is 5.32 Å². The second kappa shape index (κ2) is 10.1. The number of hydrogen-bond donors (Lipinski definition) is 5. The van der Waals surface area contributed by atoms with Crippen LogP contribution in [0.1, 0.15) is 46.0 Å². The normalized spacial score (nSPS) is 17.4. The van der Waals surface area contributed by atoms with E-state index >= 15 is 0 Å². The Bertz CT molecular complexity index is 906. The number of anilines is 1. The number of Topliss-reactive ketones (excluding diaryl/α,β-unsaturated/α-hetero) is 1. The van der Waals surface area contributed by atoms with E-state index in [0.717, 1.165) is 19.4 Å². The predicted octanol–water partition coefficient (Wildman–Crippen LogP) is 1.22. The van der Waals surface area contributed by atoms with Crippen LogP contribution < -0.4 is 16.8 Å². The van der Waals surface area contributed by atoms with Crippen LogP contribution in [0.25, 0.3) is 0 Å². The van der Waals surface area contributed by atoms with Crippen molar-refractivity contribution in [3.05, 3.63) is 65.2 Å². The molecule has 1 aliphatic rings. The van der Waals surface area contributed by atoms with Crippen LogP contribution in [-0.4, -0.2) is 52.5 Å². The summed E-state index contributed by atoms with van der Waals surface area (Å²) < 4.78 is 0. The number of carbonyl (C=O) groups is 3. The van der Waals surface area contributed by atoms with Gasteiger partial charge in [-0.1, -0.05) is 36.4 Å². The Morgan fingerprint density at radius 2 is 1.73 bits per heavy atom. The zero-order valence-corrected chi connectivity index (χ0v) is 16.8. The molecule has 3 rings (SSSR count). The maximum atomic E-state index is 12.6. The number of ketones is 2. The summed E-state index contributed by atoms with van der Waals surface area (Å²) in [6.07, 6.45) is 1.80. The molecule has 0 spiro atoms. The molecule has 1 saturated heterocycles. The monoisotopic (exact) mass is 413 g/mol. The fraction of sp³-hybridized carbons (Fsp3) is 0.318. The number of aliphatic carboxylic acids is 1. The molecule has 0 amide bonds. The minimum atomic E-state index is -1.49. The highest BCUT2D eigenvalue weighted by molar-refractivity contribution is 6.15. The highest BCUT2D eigenvalue weighted by Gasteiger charge is 2.27. The number of nitrogens with one attached hydrogen (secondary N) is 1. The van der Waals surface area contributed by atoms with Crippen LogP contribution >= 0.6 is 0 Å². The van der Waals surface area contributed by atoms with Crippen LogP contribution in [0.5, 0.6) is 0 Å². The second-order valence-electron chi connectivity index (χ2n) is 7.36. The highest BCUT2D eigenvalue weighted by atomic mass is 16.4. The van der Waals surface area contributed by atoms with Gasteiger partial charge in [-0.15, -0.1) is 0 Å². The summed E-state index contributed by atoms with van der Waals surface area (Å²) >= 11 is 0. The maximum Gasteiger partial charge on any atom is 0.325 e. The lowest BCUT2D eigenvalue weighted by Gasteiger charge is -2.13. The minimum absolute atomic E-state index is 0.0299. The van der Waals surface area contributed by atoms with E-state index < -0.39 is 18.1 Å². The quantitative estimate of drug-likeness (QED) is 0.349. The first-order valence-electron chi connectivity index (χ1n) is 9.58. The number of aliphatic hydroxyl groups excluding tert-OH is 1. The number of hydrogen-bond acceptors (Lipinski definition) is 7. The Hall–Kier alpha value is -3.07. The van der Waals surface area contributed by atoms with Gasteiger partial charge in [-0.2, -0.15) is 0 Å². The van der Waals surface area contributed by atoms with Crippen LogP contribution in [0.15, 0.2) is 48.5 Å². The molecule has 2 aromatic rings. The molecule has 1 unspecified atom stereocenters. The largest absolute Gasteiger partial charge is 0.480 e. The van der Waals surface area contributed by atoms with E-state index in [9.17, 15) is 14.4 Å². The van der Waals surface area contributed by atoms with Gasteiger partial charge in [0.25, 0.3) is 0 Å². The van der Waals surface area contributed by atoms with Crippen LogP contribution in [0, 0.1) is 0 Å². The molecular weight excluding hydrogens is 386 g/mol. The lowest BCUT2D eigenvalue weighted by Crippen LogP contribution is -2.48. The fourth-order valence-electron chi connectivity index (χ4n) is 2.89. The summed E-state index contributed by atoms with van der Waals surface area (Å²) in [6.45, 7) is 1.55. The van der Waals surface area contributed by atoms with E-state index in [2.05, 4.69) is 5.32 Å². The van der Waals surface area contributed by atoms with Gasteiger partial charge in [0.1, 0.15) is 5.54 Å². The Balaban J connectivity index is 0.000000343. The first kappa shape index (κ1) is 23.2. The number of para-hydroxylation sites is 1. The molecule has 2 atom stereocenters. The number of rotatable bonds is 6. The summed E-state index contributed by atoms with van der Waals surface area (Å²) in [7, 11) is 0. The molecule has 1 fully saturated rings. The van der Waals surface area contributed by atoms with Crippen molar-refractivity contribution in [2.75, 3.05) is 18.9 Å². The molecule has 160 valence electrons. The molecule has 1 heterocycles. The lowest BCUT2D eigenvalue weighted by molar-refractivity contribution is -0.144. The third-order valence-electron chi connectivity index (χ3n) is 4.85. The van der Waals surface area contributed by atoms with Crippen LogP contribution in [-0.2, 0) is 4.79 Å². The van der Waals surface area contributed by atoms with E-state index in [1.807, 2.05) is 6.07 Å². The fourth-order valence-corrected chi connectivity index (χ4v) is 2.89. The molecule has 30 heavy (non-hydrogen) atoms. The van der Waals surface area contributed by atoms with Crippen molar-refractivity contribution in [3.8, 4) is 0 Å². The number of carbonyl (C=O) groups excluding carboxylic acids is 2. The molecule has 0 radical (unpaired) electrons.